The molecule has 1 N–H and O–H groups in total. The Morgan fingerprint density at radius 3 is 2.24 bits per heavy atom. The molecule has 0 atom stereocenters. The molecular weight excluding hydrogens is 398 g/mol. The topological polar surface area (TPSA) is 107 Å². The van der Waals surface area contributed by atoms with E-state index in [9.17, 15) is 13.2 Å². The zero-order chi connectivity index (χ0) is 21.4. The van der Waals surface area contributed by atoms with E-state index in [0.29, 0.717) is 28.5 Å². The molecule has 9 nitrogen and oxygen atoms in total. The van der Waals surface area contributed by atoms with Crippen LogP contribution in [0.25, 0.3) is 0 Å². The molecule has 156 valence electrons. The second-order valence-corrected chi connectivity index (χ2v) is 7.78. The summed E-state index contributed by atoms with van der Waals surface area (Å²) in [7, 11) is 0.873. The van der Waals surface area contributed by atoms with Crippen LogP contribution in [0, 0.1) is 0 Å². The van der Waals surface area contributed by atoms with Crippen molar-refractivity contribution in [2.75, 3.05) is 38.4 Å². The third-order valence-electron chi connectivity index (χ3n) is 3.86. The number of ether oxygens (including phenoxy) is 3. The number of methoxy groups -OCH3 is 3. The highest BCUT2D eigenvalue weighted by Gasteiger charge is 2.20. The monoisotopic (exact) mass is 421 g/mol. The Balaban J connectivity index is 2.07. The molecule has 2 rings (SSSR count). The third-order valence-corrected chi connectivity index (χ3v) is 5.00. The number of rotatable bonds is 9. The largest absolute Gasteiger partial charge is 0.497 e. The van der Waals surface area contributed by atoms with Crippen LogP contribution in [0.4, 0.5) is 5.69 Å². The van der Waals surface area contributed by atoms with E-state index in [-0.39, 0.29) is 0 Å². The molecule has 0 aromatic heterocycles. The summed E-state index contributed by atoms with van der Waals surface area (Å²) in [6, 6.07) is 11.5. The number of amides is 1. The molecule has 29 heavy (non-hydrogen) atoms. The summed E-state index contributed by atoms with van der Waals surface area (Å²) in [5.41, 5.74) is 3.32. The van der Waals surface area contributed by atoms with E-state index in [1.165, 1.54) is 27.5 Å². The van der Waals surface area contributed by atoms with Gasteiger partial charge in [-0.25, -0.2) is 13.8 Å². The highest BCUT2D eigenvalue weighted by atomic mass is 32.2. The molecule has 0 unspecified atom stereocenters. The zero-order valence-electron chi connectivity index (χ0n) is 16.6. The Bertz CT molecular complexity index is 974. The average Bonchev–Trinajstić information content (AvgIpc) is 2.71. The van der Waals surface area contributed by atoms with Gasteiger partial charge in [-0.2, -0.15) is 5.10 Å². The lowest BCUT2D eigenvalue weighted by Gasteiger charge is -2.21. The van der Waals surface area contributed by atoms with Gasteiger partial charge in [-0.05, 0) is 48.0 Å². The first kappa shape index (κ1) is 22.0. The predicted molar refractivity (Wildman–Crippen MR) is 110 cm³/mol. The van der Waals surface area contributed by atoms with Gasteiger partial charge in [-0.1, -0.05) is 0 Å². The number of nitrogens with zero attached hydrogens (tertiary/aromatic N) is 2. The molecule has 0 spiro atoms. The minimum atomic E-state index is -3.68. The minimum Gasteiger partial charge on any atom is -0.497 e. The molecule has 0 fully saturated rings. The average molecular weight is 421 g/mol. The van der Waals surface area contributed by atoms with Crippen LogP contribution in [0.2, 0.25) is 0 Å². The fourth-order valence-corrected chi connectivity index (χ4v) is 3.28. The molecule has 0 saturated heterocycles. The Labute approximate surface area is 169 Å². The molecule has 10 heteroatoms. The van der Waals surface area contributed by atoms with Gasteiger partial charge in [-0.15, -0.1) is 0 Å². The highest BCUT2D eigenvalue weighted by Crippen LogP contribution is 2.26. The van der Waals surface area contributed by atoms with Crippen molar-refractivity contribution in [1.82, 2.24) is 5.43 Å². The molecule has 0 aliphatic heterocycles. The van der Waals surface area contributed by atoms with Crippen LogP contribution in [0.3, 0.4) is 0 Å². The fraction of sp³-hybridized carbons (Fsp3) is 0.263. The smallest absolute Gasteiger partial charge is 0.260 e. The van der Waals surface area contributed by atoms with Crippen LogP contribution in [-0.4, -0.2) is 54.7 Å². The summed E-state index contributed by atoms with van der Waals surface area (Å²) in [5.74, 6) is 1.07. The van der Waals surface area contributed by atoms with Crippen LogP contribution in [0.15, 0.2) is 47.6 Å². The number of hydrogen-bond donors (Lipinski definition) is 1. The summed E-state index contributed by atoms with van der Waals surface area (Å²) in [6.45, 7) is -0.422. The van der Waals surface area contributed by atoms with Gasteiger partial charge >= 0.3 is 0 Å². The van der Waals surface area contributed by atoms with Crippen molar-refractivity contribution in [3.05, 3.63) is 48.0 Å². The molecule has 1 amide bonds. The van der Waals surface area contributed by atoms with E-state index >= 15 is 0 Å². The first-order chi connectivity index (χ1) is 13.8. The molecule has 0 aliphatic rings. The standard InChI is InChI=1S/C19H23N3O6S/c1-26-16-8-6-15(7-9-16)22(29(4,24)25)13-19(23)21-20-12-14-5-10-17(27-2)18(11-14)28-3/h5-12H,13H2,1-4H3,(H,21,23)/b20-12+. The number of hydrazone groups is 1. The summed E-state index contributed by atoms with van der Waals surface area (Å²) >= 11 is 0. The molecule has 0 bridgehead atoms. The summed E-state index contributed by atoms with van der Waals surface area (Å²) < 4.78 is 40.6. The lowest BCUT2D eigenvalue weighted by molar-refractivity contribution is -0.119. The van der Waals surface area contributed by atoms with E-state index < -0.39 is 22.5 Å². The van der Waals surface area contributed by atoms with E-state index in [0.717, 1.165) is 10.6 Å². The van der Waals surface area contributed by atoms with Gasteiger partial charge in [0.15, 0.2) is 11.5 Å². The van der Waals surface area contributed by atoms with Crippen molar-refractivity contribution in [2.45, 2.75) is 0 Å². The summed E-state index contributed by atoms with van der Waals surface area (Å²) in [5, 5.41) is 3.87. The normalized spacial score (nSPS) is 11.2. The van der Waals surface area contributed by atoms with Gasteiger partial charge in [0.25, 0.3) is 5.91 Å². The molecular formula is C19H23N3O6S. The molecule has 2 aromatic rings. The van der Waals surface area contributed by atoms with Gasteiger partial charge in [0, 0.05) is 0 Å². The molecule has 0 aliphatic carbocycles. The SMILES string of the molecule is COc1ccc(N(CC(=O)N/N=C/c2ccc(OC)c(OC)c2)S(C)(=O)=O)cc1. The zero-order valence-corrected chi connectivity index (χ0v) is 17.4. The van der Waals surface area contributed by atoms with Crippen LogP contribution in [0.5, 0.6) is 17.2 Å². The molecule has 0 radical (unpaired) electrons. The maximum absolute atomic E-state index is 12.2. The van der Waals surface area contributed by atoms with Crippen LogP contribution in [-0.2, 0) is 14.8 Å². The van der Waals surface area contributed by atoms with E-state index in [1.54, 1.807) is 42.5 Å². The van der Waals surface area contributed by atoms with Crippen LogP contribution >= 0.6 is 0 Å². The van der Waals surface area contributed by atoms with Crippen molar-refractivity contribution in [1.29, 1.82) is 0 Å². The second-order valence-electron chi connectivity index (χ2n) is 5.88. The van der Waals surface area contributed by atoms with Crippen molar-refractivity contribution in [3.8, 4) is 17.2 Å². The van der Waals surface area contributed by atoms with Crippen molar-refractivity contribution >= 4 is 27.8 Å². The van der Waals surface area contributed by atoms with Crippen molar-refractivity contribution < 1.29 is 27.4 Å². The number of hydrogen-bond acceptors (Lipinski definition) is 7. The van der Waals surface area contributed by atoms with Crippen molar-refractivity contribution in [3.63, 3.8) is 0 Å². The summed E-state index contributed by atoms with van der Waals surface area (Å²) in [6.07, 6.45) is 2.44. The van der Waals surface area contributed by atoms with Gasteiger partial charge in [0.2, 0.25) is 10.0 Å². The van der Waals surface area contributed by atoms with Gasteiger partial charge < -0.3 is 14.2 Å². The lowest BCUT2D eigenvalue weighted by Crippen LogP contribution is -2.39. The van der Waals surface area contributed by atoms with E-state index in [4.69, 9.17) is 14.2 Å². The number of anilines is 1. The minimum absolute atomic E-state index is 0.340. The van der Waals surface area contributed by atoms with Crippen molar-refractivity contribution in [2.24, 2.45) is 5.10 Å². The number of benzene rings is 2. The Morgan fingerprint density at radius 1 is 1.03 bits per heavy atom. The van der Waals surface area contributed by atoms with Gasteiger partial charge in [0.1, 0.15) is 12.3 Å². The second kappa shape index (κ2) is 9.78. The van der Waals surface area contributed by atoms with Crippen LogP contribution < -0.4 is 23.9 Å². The Kier molecular flexibility index (Phi) is 7.43. The quantitative estimate of drug-likeness (QED) is 0.487. The Hall–Kier alpha value is -3.27. The maximum atomic E-state index is 12.2. The maximum Gasteiger partial charge on any atom is 0.260 e. The number of carbonyl (C=O) groups is 1. The fourth-order valence-electron chi connectivity index (χ4n) is 2.43. The predicted octanol–water partition coefficient (Wildman–Crippen LogP) is 1.63. The number of nitrogens with one attached hydrogen (secondary N) is 1. The van der Waals surface area contributed by atoms with E-state index in [2.05, 4.69) is 10.5 Å². The van der Waals surface area contributed by atoms with Crippen LogP contribution in [0.1, 0.15) is 5.56 Å². The number of sulfonamides is 1. The summed E-state index contributed by atoms with van der Waals surface area (Å²) in [4.78, 5) is 12.2. The first-order valence-electron chi connectivity index (χ1n) is 8.44. The number of carbonyl (C=O) groups excluding carboxylic acids is 1. The molecule has 0 saturated carbocycles. The first-order valence-corrected chi connectivity index (χ1v) is 10.3. The highest BCUT2D eigenvalue weighted by molar-refractivity contribution is 7.92. The Morgan fingerprint density at radius 2 is 1.69 bits per heavy atom. The lowest BCUT2D eigenvalue weighted by atomic mass is 10.2. The molecule has 0 heterocycles. The molecule has 2 aromatic carbocycles. The third kappa shape index (κ3) is 6.11. The van der Waals surface area contributed by atoms with Gasteiger partial charge in [-0.3, -0.25) is 9.10 Å². The van der Waals surface area contributed by atoms with Gasteiger partial charge in [0.05, 0.1) is 39.5 Å². The van der Waals surface area contributed by atoms with E-state index in [1.807, 2.05) is 0 Å².